The number of fused-ring (bicyclic) bond motifs is 1. The van der Waals surface area contributed by atoms with E-state index in [1.54, 1.807) is 81.6 Å². The molecule has 0 saturated heterocycles. The van der Waals surface area contributed by atoms with Crippen molar-refractivity contribution >= 4 is 34.6 Å². The van der Waals surface area contributed by atoms with Gasteiger partial charge in [-0.3, -0.25) is 9.78 Å². The second-order valence-corrected chi connectivity index (χ2v) is 12.8. The zero-order valence-electron chi connectivity index (χ0n) is 28.3. The average molecular weight is 670 g/mol. The standard InChI is InChI=1S/C38H43N3O8/c1-38(2,3)49-37(44)41-30(36(43)48-27-13-9-6-10-14-27)20-22-46-34-24-31-29(23-33(34)45-4)32(19-21-39-31)47-28-17-15-26(16-18-28)40-35(42)25-11-7-5-8-12-25/h5,7-8,11-12,15-19,21,23-24,27,30H,6,9-10,13-14,20,22H2,1-4H3,(H,40,42)(H,41,44). The molecular formula is C38H43N3O8. The summed E-state index contributed by atoms with van der Waals surface area (Å²) in [6, 6.07) is 20.4. The molecule has 0 aliphatic heterocycles. The number of hydrogen-bond donors (Lipinski definition) is 2. The molecule has 1 aromatic heterocycles. The van der Waals surface area contributed by atoms with Crippen LogP contribution >= 0.6 is 0 Å². The summed E-state index contributed by atoms with van der Waals surface area (Å²) in [5.74, 6) is 1.24. The van der Waals surface area contributed by atoms with Crippen molar-refractivity contribution in [3.8, 4) is 23.0 Å². The molecule has 4 aromatic rings. The summed E-state index contributed by atoms with van der Waals surface area (Å²) >= 11 is 0. The van der Waals surface area contributed by atoms with Crippen molar-refractivity contribution in [2.45, 2.75) is 77.0 Å². The lowest BCUT2D eigenvalue weighted by atomic mass is 9.98. The lowest BCUT2D eigenvalue weighted by Gasteiger charge is -2.26. The first-order chi connectivity index (χ1) is 23.6. The van der Waals surface area contributed by atoms with E-state index in [9.17, 15) is 14.4 Å². The molecule has 3 aromatic carbocycles. The molecule has 0 bridgehead atoms. The quantitative estimate of drug-likeness (QED) is 0.145. The van der Waals surface area contributed by atoms with Crippen LogP contribution in [0.15, 0.2) is 79.0 Å². The van der Waals surface area contributed by atoms with Crippen LogP contribution in [0.4, 0.5) is 10.5 Å². The van der Waals surface area contributed by atoms with Gasteiger partial charge in [-0.2, -0.15) is 0 Å². The molecule has 1 fully saturated rings. The van der Waals surface area contributed by atoms with Gasteiger partial charge < -0.3 is 34.3 Å². The molecule has 1 saturated carbocycles. The van der Waals surface area contributed by atoms with Crippen molar-refractivity contribution in [2.75, 3.05) is 19.0 Å². The minimum Gasteiger partial charge on any atom is -0.493 e. The van der Waals surface area contributed by atoms with Crippen LogP contribution in [0.1, 0.15) is 69.7 Å². The minimum atomic E-state index is -0.959. The number of alkyl carbamates (subject to hydrolysis) is 1. The molecule has 2 amide bonds. The second kappa shape index (κ2) is 16.2. The van der Waals surface area contributed by atoms with Crippen molar-refractivity contribution in [2.24, 2.45) is 0 Å². The first kappa shape index (κ1) is 35.0. The minimum absolute atomic E-state index is 0.0748. The maximum atomic E-state index is 13.1. The summed E-state index contributed by atoms with van der Waals surface area (Å²) in [5.41, 5.74) is 1.07. The van der Waals surface area contributed by atoms with Gasteiger partial charge in [-0.05, 0) is 95.0 Å². The second-order valence-electron chi connectivity index (χ2n) is 12.8. The molecule has 11 heteroatoms. The molecular weight excluding hydrogens is 626 g/mol. The van der Waals surface area contributed by atoms with Crippen molar-refractivity contribution in [1.29, 1.82) is 0 Å². The monoisotopic (exact) mass is 669 g/mol. The van der Waals surface area contributed by atoms with Gasteiger partial charge in [-0.1, -0.05) is 24.6 Å². The maximum Gasteiger partial charge on any atom is 0.408 e. The highest BCUT2D eigenvalue weighted by molar-refractivity contribution is 6.04. The Kier molecular flexibility index (Phi) is 11.6. The van der Waals surface area contributed by atoms with Gasteiger partial charge in [-0.25, -0.2) is 9.59 Å². The summed E-state index contributed by atoms with van der Waals surface area (Å²) in [6.07, 6.45) is 5.68. The number of anilines is 1. The smallest absolute Gasteiger partial charge is 0.408 e. The number of carbonyl (C=O) groups is 3. The van der Waals surface area contributed by atoms with Crippen LogP contribution in [0.25, 0.3) is 10.9 Å². The van der Waals surface area contributed by atoms with Gasteiger partial charge >= 0.3 is 12.1 Å². The summed E-state index contributed by atoms with van der Waals surface area (Å²) in [4.78, 5) is 42.7. The number of nitrogens with zero attached hydrogens (tertiary/aromatic N) is 1. The van der Waals surface area contributed by atoms with E-state index >= 15 is 0 Å². The highest BCUT2D eigenvalue weighted by atomic mass is 16.6. The van der Waals surface area contributed by atoms with Gasteiger partial charge in [0, 0.05) is 35.3 Å². The van der Waals surface area contributed by atoms with E-state index in [0.717, 1.165) is 32.1 Å². The van der Waals surface area contributed by atoms with E-state index in [1.165, 1.54) is 7.11 Å². The number of benzene rings is 3. The molecule has 11 nitrogen and oxygen atoms in total. The molecule has 1 heterocycles. The van der Waals surface area contributed by atoms with Crippen LogP contribution in [0, 0.1) is 0 Å². The number of rotatable bonds is 12. The molecule has 258 valence electrons. The number of esters is 1. The molecule has 2 N–H and O–H groups in total. The average Bonchev–Trinajstić information content (AvgIpc) is 3.08. The van der Waals surface area contributed by atoms with Crippen LogP contribution in [0.3, 0.4) is 0 Å². The third kappa shape index (κ3) is 10.1. The van der Waals surface area contributed by atoms with Crippen LogP contribution in [0.2, 0.25) is 0 Å². The largest absolute Gasteiger partial charge is 0.493 e. The van der Waals surface area contributed by atoms with Crippen molar-refractivity contribution < 1.29 is 38.1 Å². The number of nitrogens with one attached hydrogen (secondary N) is 2. The maximum absolute atomic E-state index is 13.1. The lowest BCUT2D eigenvalue weighted by molar-refractivity contribution is -0.153. The molecule has 1 aliphatic rings. The fourth-order valence-corrected chi connectivity index (χ4v) is 5.43. The van der Waals surface area contributed by atoms with Crippen molar-refractivity contribution in [3.05, 3.63) is 84.6 Å². The molecule has 1 unspecified atom stereocenters. The van der Waals surface area contributed by atoms with Crippen LogP contribution in [0.5, 0.6) is 23.0 Å². The highest BCUT2D eigenvalue weighted by Crippen LogP contribution is 2.37. The Morgan fingerprint density at radius 1 is 0.898 bits per heavy atom. The fourth-order valence-electron chi connectivity index (χ4n) is 5.43. The molecule has 1 atom stereocenters. The van der Waals surface area contributed by atoms with Gasteiger partial charge in [0.05, 0.1) is 19.2 Å². The van der Waals surface area contributed by atoms with Crippen LogP contribution in [-0.4, -0.2) is 54.4 Å². The number of aromatic nitrogens is 1. The topological polar surface area (TPSA) is 134 Å². The van der Waals surface area contributed by atoms with E-state index in [-0.39, 0.29) is 25.0 Å². The SMILES string of the molecule is COc1cc2c(Oc3ccc(NC(=O)c4ccccc4)cc3)ccnc2cc1OCCC(NC(=O)OC(C)(C)C)C(=O)OC1CCCCC1. The van der Waals surface area contributed by atoms with E-state index < -0.39 is 23.7 Å². The van der Waals surface area contributed by atoms with E-state index in [4.69, 9.17) is 23.7 Å². The Labute approximate surface area is 286 Å². The van der Waals surface area contributed by atoms with Gasteiger partial charge in [-0.15, -0.1) is 0 Å². The zero-order chi connectivity index (χ0) is 34.8. The Bertz CT molecular complexity index is 1730. The van der Waals surface area contributed by atoms with E-state index in [1.807, 2.05) is 18.2 Å². The van der Waals surface area contributed by atoms with E-state index in [2.05, 4.69) is 15.6 Å². The lowest BCUT2D eigenvalue weighted by Crippen LogP contribution is -2.46. The third-order valence-corrected chi connectivity index (χ3v) is 7.84. The number of ether oxygens (including phenoxy) is 5. The van der Waals surface area contributed by atoms with Crippen LogP contribution < -0.4 is 24.8 Å². The Hall–Kier alpha value is -5.32. The molecule has 49 heavy (non-hydrogen) atoms. The van der Waals surface area contributed by atoms with Crippen LogP contribution in [-0.2, 0) is 14.3 Å². The predicted octanol–water partition coefficient (Wildman–Crippen LogP) is 7.83. The van der Waals surface area contributed by atoms with Gasteiger partial charge in [0.15, 0.2) is 11.5 Å². The molecule has 0 spiro atoms. The molecule has 1 aliphatic carbocycles. The number of carbonyl (C=O) groups excluding carboxylic acids is 3. The highest BCUT2D eigenvalue weighted by Gasteiger charge is 2.28. The summed E-state index contributed by atoms with van der Waals surface area (Å²) < 4.78 is 29.1. The van der Waals surface area contributed by atoms with Gasteiger partial charge in [0.25, 0.3) is 5.91 Å². The Morgan fingerprint density at radius 2 is 1.63 bits per heavy atom. The van der Waals surface area contributed by atoms with E-state index in [0.29, 0.717) is 45.2 Å². The normalized spacial score (nSPS) is 14.0. The summed E-state index contributed by atoms with van der Waals surface area (Å²) in [7, 11) is 1.53. The third-order valence-electron chi connectivity index (χ3n) is 7.84. The first-order valence-electron chi connectivity index (χ1n) is 16.5. The number of hydrogen-bond acceptors (Lipinski definition) is 9. The van der Waals surface area contributed by atoms with Gasteiger partial charge in [0.1, 0.15) is 29.2 Å². The van der Waals surface area contributed by atoms with Crippen molar-refractivity contribution in [3.63, 3.8) is 0 Å². The fraction of sp³-hybridized carbons (Fsp3) is 0.368. The number of pyridine rings is 1. The molecule has 5 rings (SSSR count). The Morgan fingerprint density at radius 3 is 2.33 bits per heavy atom. The van der Waals surface area contributed by atoms with Crippen molar-refractivity contribution in [1.82, 2.24) is 10.3 Å². The summed E-state index contributed by atoms with van der Waals surface area (Å²) in [6.45, 7) is 5.34. The number of methoxy groups -OCH3 is 1. The number of amides is 2. The first-order valence-corrected chi connectivity index (χ1v) is 16.5. The zero-order valence-corrected chi connectivity index (χ0v) is 28.3. The van der Waals surface area contributed by atoms with Gasteiger partial charge in [0.2, 0.25) is 0 Å². The summed E-state index contributed by atoms with van der Waals surface area (Å²) in [5, 5.41) is 6.23. The molecule has 0 radical (unpaired) electrons. The predicted molar refractivity (Wildman–Crippen MR) is 185 cm³/mol. The Balaban J connectivity index is 1.25.